The second-order valence-electron chi connectivity index (χ2n) is 7.43. The molecule has 1 saturated carbocycles. The van der Waals surface area contributed by atoms with Gasteiger partial charge in [0, 0.05) is 5.41 Å². The molecule has 5 atom stereocenters. The molecule has 4 rings (SSSR count). The molecule has 0 amide bonds. The number of fused-ring (bicyclic) bond motifs is 5. The molecular weight excluding hydrogens is 288 g/mol. The van der Waals surface area contributed by atoms with Gasteiger partial charge in [-0.1, -0.05) is 26.5 Å². The van der Waals surface area contributed by atoms with Crippen LogP contribution < -0.4 is 4.74 Å². The van der Waals surface area contributed by atoms with E-state index in [0.29, 0.717) is 23.5 Å². The summed E-state index contributed by atoms with van der Waals surface area (Å²) in [6, 6.07) is 3.93. The van der Waals surface area contributed by atoms with Crippen LogP contribution in [0.15, 0.2) is 24.3 Å². The van der Waals surface area contributed by atoms with Crippen LogP contribution in [-0.2, 0) is 6.42 Å². The maximum absolute atomic E-state index is 10.3. The first-order valence-electron chi connectivity index (χ1n) is 8.31. The summed E-state index contributed by atoms with van der Waals surface area (Å²) in [6.45, 7) is 2.24. The Morgan fingerprint density at radius 2 is 2.00 bits per heavy atom. The molecule has 3 aliphatic carbocycles. The fourth-order valence-electron chi connectivity index (χ4n) is 5.18. The number of rotatable bonds is 1. The van der Waals surface area contributed by atoms with E-state index >= 15 is 0 Å². The van der Waals surface area contributed by atoms with Crippen LogP contribution in [-0.4, -0.2) is 23.4 Å². The van der Waals surface area contributed by atoms with Crippen molar-refractivity contribution in [2.75, 3.05) is 7.11 Å². The molecule has 0 saturated heterocycles. The molecule has 0 aliphatic heterocycles. The molecule has 3 heteroatoms. The van der Waals surface area contributed by atoms with Crippen LogP contribution in [0.3, 0.4) is 0 Å². The van der Waals surface area contributed by atoms with E-state index in [0.717, 1.165) is 25.7 Å². The maximum atomic E-state index is 10.3. The van der Waals surface area contributed by atoms with Crippen molar-refractivity contribution >= 4 is 0 Å². The molecule has 23 heavy (non-hydrogen) atoms. The normalized spacial score (nSPS) is 37.3. The van der Waals surface area contributed by atoms with E-state index in [-0.39, 0.29) is 24.7 Å². The summed E-state index contributed by atoms with van der Waals surface area (Å²) in [6.07, 6.45) is 8.26. The van der Waals surface area contributed by atoms with Gasteiger partial charge in [0.05, 0.1) is 13.2 Å². The number of hydrogen-bond acceptors (Lipinski definition) is 3. The topological polar surface area (TPSA) is 49.7 Å². The van der Waals surface area contributed by atoms with Crippen molar-refractivity contribution in [3.05, 3.63) is 35.4 Å². The summed E-state index contributed by atoms with van der Waals surface area (Å²) < 4.78 is 5.31. The average Bonchev–Trinajstić information content (AvgIpc) is 2.82. The number of phenols is 1. The number of aryl methyl sites for hydroxylation is 1. The standard InChI is InChI=1S/C19H24O3.CH4/c1-19-8-7-12-13(15(19)5-6-18(19)21)4-3-11-9-16(20)17(22-2)10-14(11)12;/h5-6,9-10,12-13,15,18,20-21H,3-4,7-8H2,1-2H3;1H4/t12?,13?,15?,18-,19-;/m0./s1. The van der Waals surface area contributed by atoms with E-state index in [2.05, 4.69) is 13.0 Å². The van der Waals surface area contributed by atoms with Gasteiger partial charge in [0.1, 0.15) is 0 Å². The number of allylic oxidation sites excluding steroid dienone is 1. The first-order valence-corrected chi connectivity index (χ1v) is 8.31. The zero-order valence-electron chi connectivity index (χ0n) is 13.2. The molecular formula is C20H28O3. The van der Waals surface area contributed by atoms with E-state index in [9.17, 15) is 10.2 Å². The van der Waals surface area contributed by atoms with Crippen LogP contribution in [0.1, 0.15) is 50.7 Å². The third-order valence-corrected chi connectivity index (χ3v) is 6.50. The minimum atomic E-state index is -0.297. The van der Waals surface area contributed by atoms with Crippen LogP contribution in [0.4, 0.5) is 0 Å². The quantitative estimate of drug-likeness (QED) is 0.769. The zero-order chi connectivity index (χ0) is 15.5. The smallest absolute Gasteiger partial charge is 0.160 e. The van der Waals surface area contributed by atoms with Gasteiger partial charge in [-0.3, -0.25) is 0 Å². The summed E-state index contributed by atoms with van der Waals surface area (Å²) in [7, 11) is 1.61. The van der Waals surface area contributed by atoms with E-state index in [1.54, 1.807) is 7.11 Å². The van der Waals surface area contributed by atoms with Crippen LogP contribution in [0.25, 0.3) is 0 Å². The number of ether oxygens (including phenoxy) is 1. The van der Waals surface area contributed by atoms with Crippen LogP contribution >= 0.6 is 0 Å². The minimum Gasteiger partial charge on any atom is -0.504 e. The van der Waals surface area contributed by atoms with Crippen molar-refractivity contribution in [2.24, 2.45) is 17.3 Å². The highest BCUT2D eigenvalue weighted by Crippen LogP contribution is 2.59. The Bertz CT molecular complexity index is 636. The number of aliphatic hydroxyl groups is 1. The van der Waals surface area contributed by atoms with Crippen LogP contribution in [0, 0.1) is 17.3 Å². The van der Waals surface area contributed by atoms with E-state index in [4.69, 9.17) is 4.74 Å². The molecule has 0 radical (unpaired) electrons. The zero-order valence-corrected chi connectivity index (χ0v) is 13.2. The molecule has 0 aromatic heterocycles. The molecule has 3 unspecified atom stereocenters. The lowest BCUT2D eigenvalue weighted by molar-refractivity contribution is -0.0101. The highest BCUT2D eigenvalue weighted by Gasteiger charge is 2.52. The Morgan fingerprint density at radius 3 is 2.74 bits per heavy atom. The van der Waals surface area contributed by atoms with Gasteiger partial charge >= 0.3 is 0 Å². The average molecular weight is 316 g/mol. The van der Waals surface area contributed by atoms with E-state index < -0.39 is 0 Å². The van der Waals surface area contributed by atoms with Crippen molar-refractivity contribution in [1.82, 2.24) is 0 Å². The second kappa shape index (κ2) is 5.55. The Kier molecular flexibility index (Phi) is 3.96. The molecule has 1 fully saturated rings. The lowest BCUT2D eigenvalue weighted by Gasteiger charge is -2.50. The van der Waals surface area contributed by atoms with Gasteiger partial charge < -0.3 is 14.9 Å². The number of hydrogen-bond donors (Lipinski definition) is 2. The Balaban J connectivity index is 0.00000156. The minimum absolute atomic E-state index is 0. The van der Waals surface area contributed by atoms with Gasteiger partial charge in [-0.15, -0.1) is 0 Å². The lowest BCUT2D eigenvalue weighted by Crippen LogP contribution is -2.44. The summed E-state index contributed by atoms with van der Waals surface area (Å²) in [5, 5.41) is 20.4. The van der Waals surface area contributed by atoms with Gasteiger partial charge in [-0.2, -0.15) is 0 Å². The molecule has 3 nitrogen and oxygen atoms in total. The number of aliphatic hydroxyl groups excluding tert-OH is 1. The van der Waals surface area contributed by atoms with Gasteiger partial charge in [0.15, 0.2) is 11.5 Å². The molecule has 1 aromatic rings. The summed E-state index contributed by atoms with van der Waals surface area (Å²) in [5.41, 5.74) is 2.63. The van der Waals surface area contributed by atoms with Crippen molar-refractivity contribution in [3.8, 4) is 11.5 Å². The third-order valence-electron chi connectivity index (χ3n) is 6.50. The molecule has 0 spiro atoms. The summed E-state index contributed by atoms with van der Waals surface area (Å²) in [5.74, 6) is 2.40. The lowest BCUT2D eigenvalue weighted by atomic mass is 9.55. The van der Waals surface area contributed by atoms with Crippen molar-refractivity contribution in [2.45, 2.75) is 52.1 Å². The number of aromatic hydroxyl groups is 1. The fourth-order valence-corrected chi connectivity index (χ4v) is 5.18. The summed E-state index contributed by atoms with van der Waals surface area (Å²) in [4.78, 5) is 0. The number of methoxy groups -OCH3 is 1. The predicted octanol–water partition coefficient (Wildman–Crippen LogP) is 4.03. The summed E-state index contributed by atoms with van der Waals surface area (Å²) >= 11 is 0. The molecule has 0 heterocycles. The van der Waals surface area contributed by atoms with Crippen LogP contribution in [0.2, 0.25) is 0 Å². The van der Waals surface area contributed by atoms with Gasteiger partial charge in [-0.05, 0) is 66.7 Å². The Morgan fingerprint density at radius 1 is 1.22 bits per heavy atom. The Hall–Kier alpha value is -1.48. The fraction of sp³-hybridized carbons (Fsp3) is 0.600. The van der Waals surface area contributed by atoms with Crippen molar-refractivity contribution < 1.29 is 14.9 Å². The predicted molar refractivity (Wildman–Crippen MR) is 91.9 cm³/mol. The third kappa shape index (κ3) is 2.20. The largest absolute Gasteiger partial charge is 0.504 e. The maximum Gasteiger partial charge on any atom is 0.160 e. The van der Waals surface area contributed by atoms with Crippen LogP contribution in [0.5, 0.6) is 11.5 Å². The molecule has 3 aliphatic rings. The van der Waals surface area contributed by atoms with Gasteiger partial charge in [-0.25, -0.2) is 0 Å². The van der Waals surface area contributed by atoms with Gasteiger partial charge in [0.2, 0.25) is 0 Å². The Labute approximate surface area is 139 Å². The first kappa shape index (κ1) is 16.4. The second-order valence-corrected chi connectivity index (χ2v) is 7.43. The van der Waals surface area contributed by atoms with Crippen molar-refractivity contribution in [3.63, 3.8) is 0 Å². The molecule has 2 N–H and O–H groups in total. The monoisotopic (exact) mass is 316 g/mol. The SMILES string of the molecule is C.COc1cc2c(cc1O)CCC1C2CC[C@@]2(C)C1C=C[C@@H]2O. The molecule has 0 bridgehead atoms. The molecule has 126 valence electrons. The highest BCUT2D eigenvalue weighted by atomic mass is 16.5. The van der Waals surface area contributed by atoms with E-state index in [1.807, 2.05) is 18.2 Å². The molecule has 1 aromatic carbocycles. The number of phenolic OH excluding ortho intramolecular Hbond substituents is 1. The highest BCUT2D eigenvalue weighted by molar-refractivity contribution is 5.49. The first-order chi connectivity index (χ1) is 10.5. The van der Waals surface area contributed by atoms with E-state index in [1.165, 1.54) is 11.1 Å². The number of benzene rings is 1. The van der Waals surface area contributed by atoms with Gasteiger partial charge in [0.25, 0.3) is 0 Å². The van der Waals surface area contributed by atoms with Crippen molar-refractivity contribution in [1.29, 1.82) is 0 Å².